The molecule has 1 aliphatic heterocycles. The molecule has 1 heterocycles. The second-order valence-electron chi connectivity index (χ2n) is 4.56. The molecular formula is C11H14O3. The van der Waals surface area contributed by atoms with E-state index in [2.05, 4.69) is 6.58 Å². The molecule has 3 rings (SSSR count). The van der Waals surface area contributed by atoms with Gasteiger partial charge in [0.15, 0.2) is 0 Å². The van der Waals surface area contributed by atoms with Crippen LogP contribution in [0.5, 0.6) is 0 Å². The Labute approximate surface area is 83.1 Å². The second-order valence-corrected chi connectivity index (χ2v) is 4.56. The number of esters is 1. The predicted octanol–water partition coefficient (Wildman–Crippen LogP) is 1.34. The van der Waals surface area contributed by atoms with Gasteiger partial charge in [0.1, 0.15) is 6.10 Å². The Kier molecular flexibility index (Phi) is 1.64. The highest BCUT2D eigenvalue weighted by Gasteiger charge is 2.59. The molecule has 0 radical (unpaired) electrons. The summed E-state index contributed by atoms with van der Waals surface area (Å²) in [4.78, 5) is 11.5. The number of hydrogen-bond acceptors (Lipinski definition) is 3. The first-order valence-electron chi connectivity index (χ1n) is 5.24. The van der Waals surface area contributed by atoms with Crippen molar-refractivity contribution in [2.75, 3.05) is 6.61 Å². The summed E-state index contributed by atoms with van der Waals surface area (Å²) >= 11 is 0. The molecule has 3 fully saturated rings. The van der Waals surface area contributed by atoms with Crippen molar-refractivity contribution in [1.29, 1.82) is 0 Å². The average molecular weight is 194 g/mol. The zero-order chi connectivity index (χ0) is 9.71. The van der Waals surface area contributed by atoms with Gasteiger partial charge in [-0.25, -0.2) is 0 Å². The van der Waals surface area contributed by atoms with E-state index in [1.54, 1.807) is 0 Å². The molecule has 0 spiro atoms. The lowest BCUT2D eigenvalue weighted by molar-refractivity contribution is -0.143. The van der Waals surface area contributed by atoms with Crippen LogP contribution in [0.4, 0.5) is 0 Å². The van der Waals surface area contributed by atoms with E-state index in [0.717, 1.165) is 12.8 Å². The van der Waals surface area contributed by atoms with Gasteiger partial charge >= 0.3 is 5.97 Å². The minimum Gasteiger partial charge on any atom is -0.498 e. The van der Waals surface area contributed by atoms with Crippen molar-refractivity contribution in [3.05, 3.63) is 12.8 Å². The summed E-state index contributed by atoms with van der Waals surface area (Å²) in [5, 5.41) is 0. The molecule has 14 heavy (non-hydrogen) atoms. The molecular weight excluding hydrogens is 180 g/mol. The maximum absolute atomic E-state index is 11.5. The highest BCUT2D eigenvalue weighted by Crippen LogP contribution is 2.55. The van der Waals surface area contributed by atoms with Crippen LogP contribution in [-0.2, 0) is 14.3 Å². The van der Waals surface area contributed by atoms with Crippen molar-refractivity contribution in [2.24, 2.45) is 23.7 Å². The fraction of sp³-hybridized carbons (Fsp3) is 0.727. The van der Waals surface area contributed by atoms with Crippen LogP contribution in [0.3, 0.4) is 0 Å². The van der Waals surface area contributed by atoms with E-state index < -0.39 is 0 Å². The number of cyclic esters (lactones) is 1. The van der Waals surface area contributed by atoms with Crippen LogP contribution >= 0.6 is 0 Å². The van der Waals surface area contributed by atoms with Crippen molar-refractivity contribution in [3.63, 3.8) is 0 Å². The summed E-state index contributed by atoms with van der Waals surface area (Å²) in [5.74, 6) is 1.63. The van der Waals surface area contributed by atoms with Gasteiger partial charge in [0.25, 0.3) is 0 Å². The van der Waals surface area contributed by atoms with Crippen molar-refractivity contribution >= 4 is 5.97 Å². The van der Waals surface area contributed by atoms with Gasteiger partial charge in [0.05, 0.1) is 18.8 Å². The Bertz CT molecular complexity index is 284. The van der Waals surface area contributed by atoms with Crippen LogP contribution in [-0.4, -0.2) is 18.7 Å². The summed E-state index contributed by atoms with van der Waals surface area (Å²) in [5.41, 5.74) is 0. The summed E-state index contributed by atoms with van der Waals surface area (Å²) in [6, 6.07) is 0. The molecule has 5 unspecified atom stereocenters. The topological polar surface area (TPSA) is 35.5 Å². The Hall–Kier alpha value is -0.990. The lowest BCUT2D eigenvalue weighted by Crippen LogP contribution is -2.33. The average Bonchev–Trinajstić information content (AvgIpc) is 2.78. The van der Waals surface area contributed by atoms with E-state index >= 15 is 0 Å². The quantitative estimate of drug-likeness (QED) is 0.491. The minimum absolute atomic E-state index is 0.000128. The fourth-order valence-corrected chi connectivity index (χ4v) is 3.55. The molecule has 0 amide bonds. The SMILES string of the molecule is C=COC1CC2CC1C1C(=O)OCC21. The van der Waals surface area contributed by atoms with E-state index in [-0.39, 0.29) is 18.0 Å². The summed E-state index contributed by atoms with van der Waals surface area (Å²) in [6.07, 6.45) is 3.93. The van der Waals surface area contributed by atoms with Crippen LogP contribution in [0.1, 0.15) is 12.8 Å². The molecule has 2 aliphatic carbocycles. The molecule has 5 atom stereocenters. The van der Waals surface area contributed by atoms with Gasteiger partial charge in [-0.1, -0.05) is 6.58 Å². The van der Waals surface area contributed by atoms with Crippen molar-refractivity contribution < 1.29 is 14.3 Å². The number of carbonyl (C=O) groups excluding carboxylic acids is 1. The molecule has 3 aliphatic rings. The van der Waals surface area contributed by atoms with Crippen LogP contribution < -0.4 is 0 Å². The van der Waals surface area contributed by atoms with E-state index in [1.807, 2.05) is 0 Å². The predicted molar refractivity (Wildman–Crippen MR) is 49.2 cm³/mol. The lowest BCUT2D eigenvalue weighted by Gasteiger charge is -2.27. The third-order valence-corrected chi connectivity index (χ3v) is 4.08. The second kappa shape index (κ2) is 2.75. The number of carbonyl (C=O) groups is 1. The van der Waals surface area contributed by atoms with Crippen molar-refractivity contribution in [1.82, 2.24) is 0 Å². The molecule has 0 aromatic heterocycles. The number of ether oxygens (including phenoxy) is 2. The van der Waals surface area contributed by atoms with Crippen LogP contribution in [0.2, 0.25) is 0 Å². The molecule has 0 aromatic rings. The molecule has 1 saturated heterocycles. The third-order valence-electron chi connectivity index (χ3n) is 4.08. The first-order valence-corrected chi connectivity index (χ1v) is 5.24. The highest BCUT2D eigenvalue weighted by atomic mass is 16.5. The molecule has 2 bridgehead atoms. The Balaban J connectivity index is 1.83. The number of rotatable bonds is 2. The first-order chi connectivity index (χ1) is 6.81. The standard InChI is InChI=1S/C11H14O3/c1-2-13-9-4-6-3-7(9)10-8(6)5-14-11(10)12/h2,6-10H,1,3-5H2. The molecule has 76 valence electrons. The summed E-state index contributed by atoms with van der Waals surface area (Å²) < 4.78 is 10.6. The van der Waals surface area contributed by atoms with Gasteiger partial charge < -0.3 is 9.47 Å². The van der Waals surface area contributed by atoms with Crippen molar-refractivity contribution in [3.8, 4) is 0 Å². The maximum atomic E-state index is 11.5. The largest absolute Gasteiger partial charge is 0.498 e. The minimum atomic E-state index is -0.000128. The summed E-state index contributed by atoms with van der Waals surface area (Å²) in [7, 11) is 0. The Morgan fingerprint density at radius 1 is 1.43 bits per heavy atom. The molecule has 3 heteroatoms. The summed E-state index contributed by atoms with van der Waals surface area (Å²) in [6.45, 7) is 4.22. The van der Waals surface area contributed by atoms with Gasteiger partial charge in [-0.2, -0.15) is 0 Å². The zero-order valence-corrected chi connectivity index (χ0v) is 8.02. The van der Waals surface area contributed by atoms with Crippen LogP contribution in [0, 0.1) is 23.7 Å². The lowest BCUT2D eigenvalue weighted by atomic mass is 9.80. The van der Waals surface area contributed by atoms with Gasteiger partial charge in [-0.05, 0) is 18.8 Å². The van der Waals surface area contributed by atoms with E-state index in [4.69, 9.17) is 9.47 Å². The zero-order valence-electron chi connectivity index (χ0n) is 8.02. The van der Waals surface area contributed by atoms with Gasteiger partial charge in [-0.15, -0.1) is 0 Å². The van der Waals surface area contributed by atoms with Gasteiger partial charge in [-0.3, -0.25) is 4.79 Å². The van der Waals surface area contributed by atoms with Gasteiger partial charge in [0.2, 0.25) is 0 Å². The monoisotopic (exact) mass is 194 g/mol. The molecule has 0 N–H and O–H groups in total. The Morgan fingerprint density at radius 2 is 2.29 bits per heavy atom. The van der Waals surface area contributed by atoms with Crippen LogP contribution in [0.15, 0.2) is 12.8 Å². The highest BCUT2D eigenvalue weighted by molar-refractivity contribution is 5.76. The third kappa shape index (κ3) is 0.900. The van der Waals surface area contributed by atoms with E-state index in [9.17, 15) is 4.79 Å². The fourth-order valence-electron chi connectivity index (χ4n) is 3.55. The molecule has 3 nitrogen and oxygen atoms in total. The number of hydrogen-bond donors (Lipinski definition) is 0. The van der Waals surface area contributed by atoms with Gasteiger partial charge in [0, 0.05) is 11.8 Å². The van der Waals surface area contributed by atoms with E-state index in [0.29, 0.717) is 24.4 Å². The number of fused-ring (bicyclic) bond motifs is 5. The Morgan fingerprint density at radius 3 is 3.07 bits per heavy atom. The van der Waals surface area contributed by atoms with Crippen molar-refractivity contribution in [2.45, 2.75) is 18.9 Å². The smallest absolute Gasteiger partial charge is 0.309 e. The first kappa shape index (κ1) is 8.33. The van der Waals surface area contributed by atoms with Crippen LogP contribution in [0.25, 0.3) is 0 Å². The van der Waals surface area contributed by atoms with E-state index in [1.165, 1.54) is 6.26 Å². The molecule has 2 saturated carbocycles. The normalized spacial score (nSPS) is 48.9. The maximum Gasteiger partial charge on any atom is 0.309 e. The molecule has 0 aromatic carbocycles.